The topological polar surface area (TPSA) is 81.2 Å². The lowest BCUT2D eigenvalue weighted by molar-refractivity contribution is -0.165. The zero-order chi connectivity index (χ0) is 28.9. The molecule has 0 radical (unpaired) electrons. The van der Waals surface area contributed by atoms with E-state index >= 15 is 0 Å². The number of alkyl halides is 3. The predicted octanol–water partition coefficient (Wildman–Crippen LogP) is 4.22. The summed E-state index contributed by atoms with van der Waals surface area (Å²) in [7, 11) is -1.44. The molecular formula is C24H22Cl3F3N4O4S. The summed E-state index contributed by atoms with van der Waals surface area (Å²) < 4.78 is 69.0. The fourth-order valence-corrected chi connectivity index (χ4v) is 6.74. The maximum absolute atomic E-state index is 13.9. The van der Waals surface area contributed by atoms with E-state index in [0.717, 1.165) is 15.4 Å². The van der Waals surface area contributed by atoms with Gasteiger partial charge in [-0.1, -0.05) is 46.9 Å². The number of fused-ring (bicyclic) bond motifs is 1. The molecule has 8 nitrogen and oxygen atoms in total. The third-order valence-electron chi connectivity index (χ3n) is 6.29. The van der Waals surface area contributed by atoms with Gasteiger partial charge in [0.1, 0.15) is 29.3 Å². The van der Waals surface area contributed by atoms with Gasteiger partial charge in [0, 0.05) is 22.7 Å². The number of nitrogens with zero attached hydrogens (tertiary/aromatic N) is 4. The Balaban J connectivity index is 1.90. The van der Waals surface area contributed by atoms with Crippen LogP contribution in [0.2, 0.25) is 15.1 Å². The van der Waals surface area contributed by atoms with Gasteiger partial charge in [-0.25, -0.2) is 12.7 Å². The van der Waals surface area contributed by atoms with Crippen LogP contribution in [0.25, 0.3) is 0 Å². The molecule has 0 saturated carbocycles. The molecule has 2 aliphatic rings. The van der Waals surface area contributed by atoms with E-state index < -0.39 is 59.0 Å². The van der Waals surface area contributed by atoms with Crippen molar-refractivity contribution in [2.45, 2.75) is 29.6 Å². The summed E-state index contributed by atoms with van der Waals surface area (Å²) in [4.78, 5) is 29.5. The molecular weight excluding hydrogens is 604 g/mol. The smallest absolute Gasteiger partial charge is 0.304 e. The van der Waals surface area contributed by atoms with Gasteiger partial charge in [-0.3, -0.25) is 19.4 Å². The molecule has 15 heteroatoms. The Morgan fingerprint density at radius 3 is 2.15 bits per heavy atom. The van der Waals surface area contributed by atoms with Crippen molar-refractivity contribution in [3.63, 3.8) is 0 Å². The number of carbonyl (C=O) groups excluding carboxylic acids is 2. The van der Waals surface area contributed by atoms with Crippen molar-refractivity contribution in [2.24, 2.45) is 0 Å². The first-order valence-corrected chi connectivity index (χ1v) is 14.0. The molecule has 0 bridgehead atoms. The van der Waals surface area contributed by atoms with E-state index in [9.17, 15) is 31.2 Å². The molecule has 2 aromatic rings. The van der Waals surface area contributed by atoms with Crippen molar-refractivity contribution < 1.29 is 31.2 Å². The average molecular weight is 626 g/mol. The lowest BCUT2D eigenvalue weighted by Gasteiger charge is -2.49. The molecule has 2 atom stereocenters. The lowest BCUT2D eigenvalue weighted by atomic mass is 9.99. The maximum atomic E-state index is 13.9. The van der Waals surface area contributed by atoms with Crippen molar-refractivity contribution in [2.75, 3.05) is 27.2 Å². The summed E-state index contributed by atoms with van der Waals surface area (Å²) in [5, 5.41) is 0.346. The van der Waals surface area contributed by atoms with Gasteiger partial charge < -0.3 is 4.90 Å². The van der Waals surface area contributed by atoms with E-state index in [2.05, 4.69) is 0 Å². The highest BCUT2D eigenvalue weighted by Gasteiger charge is 2.51. The SMILES string of the molecule is CN(C)C1CN(S(=O)(=O)c2ccc(Cl)cc2Cl)C2=CN(CC(F)(F)F)C(=O)C(Cc3ccc(Cl)cc3)N2C1=O. The minimum atomic E-state index is -4.80. The first-order chi connectivity index (χ1) is 18.1. The molecule has 2 unspecified atom stereocenters. The molecule has 4 rings (SSSR count). The van der Waals surface area contributed by atoms with Crippen LogP contribution in [0.1, 0.15) is 5.56 Å². The molecule has 2 aromatic carbocycles. The predicted molar refractivity (Wildman–Crippen MR) is 139 cm³/mol. The molecule has 2 amide bonds. The number of amides is 2. The summed E-state index contributed by atoms with van der Waals surface area (Å²) in [5.74, 6) is -2.05. The Labute approximate surface area is 238 Å². The Hall–Kier alpha value is -2.51. The van der Waals surface area contributed by atoms with E-state index in [1.165, 1.54) is 35.2 Å². The summed E-state index contributed by atoms with van der Waals surface area (Å²) in [6, 6.07) is 7.36. The number of benzene rings is 2. The summed E-state index contributed by atoms with van der Waals surface area (Å²) in [6.45, 7) is -2.11. The number of hydrogen-bond acceptors (Lipinski definition) is 5. The van der Waals surface area contributed by atoms with Crippen molar-refractivity contribution in [1.82, 2.24) is 19.0 Å². The van der Waals surface area contributed by atoms with Crippen LogP contribution in [0.5, 0.6) is 0 Å². The molecule has 2 heterocycles. The minimum absolute atomic E-state index is 0.169. The van der Waals surface area contributed by atoms with E-state index in [1.807, 2.05) is 0 Å². The van der Waals surface area contributed by atoms with Gasteiger partial charge >= 0.3 is 6.18 Å². The number of likely N-dealkylation sites (N-methyl/N-ethyl adjacent to an activating group) is 1. The van der Waals surface area contributed by atoms with Crippen molar-refractivity contribution in [3.8, 4) is 0 Å². The van der Waals surface area contributed by atoms with Crippen molar-refractivity contribution in [3.05, 3.63) is 75.1 Å². The molecule has 39 heavy (non-hydrogen) atoms. The average Bonchev–Trinajstić information content (AvgIpc) is 2.81. The Morgan fingerprint density at radius 1 is 0.974 bits per heavy atom. The van der Waals surface area contributed by atoms with Crippen LogP contribution in [-0.4, -0.2) is 84.7 Å². The zero-order valence-electron chi connectivity index (χ0n) is 20.5. The highest BCUT2D eigenvalue weighted by Crippen LogP contribution is 2.37. The largest absolute Gasteiger partial charge is 0.406 e. The van der Waals surface area contributed by atoms with Crippen LogP contribution in [0.4, 0.5) is 13.2 Å². The monoisotopic (exact) mass is 624 g/mol. The van der Waals surface area contributed by atoms with Gasteiger partial charge in [-0.15, -0.1) is 0 Å². The first kappa shape index (κ1) is 29.5. The van der Waals surface area contributed by atoms with E-state index in [0.29, 0.717) is 15.5 Å². The Morgan fingerprint density at radius 2 is 1.59 bits per heavy atom. The normalized spacial score (nSPS) is 20.4. The zero-order valence-corrected chi connectivity index (χ0v) is 23.6. The Kier molecular flexibility index (Phi) is 8.17. The van der Waals surface area contributed by atoms with E-state index in [4.69, 9.17) is 34.8 Å². The second-order valence-corrected chi connectivity index (χ2v) is 12.3. The van der Waals surface area contributed by atoms with Gasteiger partial charge in [0.2, 0.25) is 5.91 Å². The lowest BCUT2D eigenvalue weighted by Crippen LogP contribution is -2.67. The molecule has 0 N–H and O–H groups in total. The maximum Gasteiger partial charge on any atom is 0.406 e. The third kappa shape index (κ3) is 5.99. The number of sulfonamides is 1. The molecule has 0 spiro atoms. The van der Waals surface area contributed by atoms with Gasteiger partial charge in [0.15, 0.2) is 0 Å². The van der Waals surface area contributed by atoms with Gasteiger partial charge in [-0.05, 0) is 50.0 Å². The standard InChI is InChI=1S/C24H22Cl3F3N4O4S/c1-31(2)19-11-33(39(37,38)20-8-7-16(26)10-17(20)27)21-12-32(13-24(28,29)30)22(35)18(34(21)23(19)36)9-14-3-5-15(25)6-4-14/h3-8,10,12,18-19H,9,11,13H2,1-2H3. The molecule has 210 valence electrons. The second-order valence-electron chi connectivity index (χ2n) is 9.21. The summed E-state index contributed by atoms with van der Waals surface area (Å²) in [6.07, 6.45) is -4.24. The molecule has 0 aliphatic carbocycles. The molecule has 1 saturated heterocycles. The quantitative estimate of drug-likeness (QED) is 0.480. The van der Waals surface area contributed by atoms with Gasteiger partial charge in [-0.2, -0.15) is 13.2 Å². The van der Waals surface area contributed by atoms with Crippen LogP contribution in [0, 0.1) is 0 Å². The number of hydrogen-bond donors (Lipinski definition) is 0. The highest BCUT2D eigenvalue weighted by atomic mass is 35.5. The van der Waals surface area contributed by atoms with E-state index in [-0.39, 0.29) is 21.4 Å². The molecule has 0 aromatic heterocycles. The van der Waals surface area contributed by atoms with Crippen molar-refractivity contribution >= 4 is 56.6 Å². The fourth-order valence-electron chi connectivity index (χ4n) is 4.41. The van der Waals surface area contributed by atoms with Gasteiger partial charge in [0.05, 0.1) is 11.6 Å². The molecule has 1 fully saturated rings. The van der Waals surface area contributed by atoms with Gasteiger partial charge in [0.25, 0.3) is 15.9 Å². The highest BCUT2D eigenvalue weighted by molar-refractivity contribution is 7.89. The first-order valence-electron chi connectivity index (χ1n) is 11.4. The summed E-state index contributed by atoms with van der Waals surface area (Å²) >= 11 is 18.1. The Bertz CT molecular complexity index is 1440. The van der Waals surface area contributed by atoms with Crippen LogP contribution >= 0.6 is 34.8 Å². The van der Waals surface area contributed by atoms with Crippen LogP contribution in [0.3, 0.4) is 0 Å². The van der Waals surface area contributed by atoms with Crippen molar-refractivity contribution in [1.29, 1.82) is 0 Å². The minimum Gasteiger partial charge on any atom is -0.304 e. The van der Waals surface area contributed by atoms with Crippen LogP contribution < -0.4 is 0 Å². The second kappa shape index (κ2) is 10.8. The number of carbonyl (C=O) groups is 2. The third-order valence-corrected chi connectivity index (χ3v) is 9.03. The number of rotatable bonds is 6. The van der Waals surface area contributed by atoms with E-state index in [1.54, 1.807) is 26.2 Å². The number of halogens is 6. The fraction of sp³-hybridized carbons (Fsp3) is 0.333. The summed E-state index contributed by atoms with van der Waals surface area (Å²) in [5.41, 5.74) is 0.501. The van der Waals surface area contributed by atoms with Crippen LogP contribution in [0.15, 0.2) is 59.4 Å². The molecule has 2 aliphatic heterocycles. The van der Waals surface area contributed by atoms with Crippen LogP contribution in [-0.2, 0) is 26.0 Å².